The number of rotatable bonds is 2. The van der Waals surface area contributed by atoms with E-state index < -0.39 is 0 Å². The van der Waals surface area contributed by atoms with Gasteiger partial charge in [-0.25, -0.2) is 4.98 Å². The molecular weight excluding hydrogens is 368 g/mol. The second-order valence-corrected chi connectivity index (χ2v) is 6.27. The normalized spacial score (nSPS) is 21.2. The molecule has 1 amide bonds. The van der Waals surface area contributed by atoms with Gasteiger partial charge >= 0.3 is 0 Å². The predicted molar refractivity (Wildman–Crippen MR) is 92.2 cm³/mol. The molecule has 1 aliphatic carbocycles. The number of hydrogen-bond donors (Lipinski definition) is 2. The van der Waals surface area contributed by atoms with E-state index in [-0.39, 0.29) is 30.4 Å². The van der Waals surface area contributed by atoms with Crippen LogP contribution in [0, 0.1) is 0 Å². The van der Waals surface area contributed by atoms with Crippen LogP contribution in [0.1, 0.15) is 36.2 Å². The summed E-state index contributed by atoms with van der Waals surface area (Å²) in [6.07, 6.45) is 7.56. The first-order valence-corrected chi connectivity index (χ1v) is 7.91. The lowest BCUT2D eigenvalue weighted by molar-refractivity contribution is 0.0916. The molecule has 5 nitrogen and oxygen atoms in total. The van der Waals surface area contributed by atoms with Crippen molar-refractivity contribution in [3.8, 4) is 0 Å². The number of nitrogens with zero attached hydrogens (tertiary/aromatic N) is 2. The Bertz CT molecular complexity index is 682. The van der Waals surface area contributed by atoms with E-state index in [9.17, 15) is 4.79 Å². The first-order chi connectivity index (χ1) is 10.1. The van der Waals surface area contributed by atoms with Gasteiger partial charge in [-0.15, -0.1) is 12.4 Å². The summed E-state index contributed by atoms with van der Waals surface area (Å²) in [6, 6.07) is 3.67. The molecule has 118 valence electrons. The highest BCUT2D eigenvalue weighted by Crippen LogP contribution is 2.21. The number of carbonyl (C=O) groups excluding carboxylic acids is 1. The van der Waals surface area contributed by atoms with Gasteiger partial charge < -0.3 is 11.1 Å². The van der Waals surface area contributed by atoms with Crippen LogP contribution in [0.15, 0.2) is 29.0 Å². The number of halogens is 2. The van der Waals surface area contributed by atoms with Crippen molar-refractivity contribution < 1.29 is 4.79 Å². The smallest absolute Gasteiger partial charge is 0.270 e. The fourth-order valence-electron chi connectivity index (χ4n) is 2.72. The van der Waals surface area contributed by atoms with Crippen molar-refractivity contribution in [3.63, 3.8) is 0 Å². The zero-order chi connectivity index (χ0) is 14.8. The Morgan fingerprint density at radius 1 is 1.27 bits per heavy atom. The number of pyridine rings is 2. The summed E-state index contributed by atoms with van der Waals surface area (Å²) < 4.78 is 0.781. The molecule has 2 aromatic rings. The molecule has 2 atom stereocenters. The summed E-state index contributed by atoms with van der Waals surface area (Å²) in [5, 5.41) is 3.91. The number of aromatic nitrogens is 2. The number of nitrogens with one attached hydrogen (secondary N) is 1. The van der Waals surface area contributed by atoms with Crippen LogP contribution in [0.3, 0.4) is 0 Å². The minimum absolute atomic E-state index is 0. The quantitative estimate of drug-likeness (QED) is 0.833. The van der Waals surface area contributed by atoms with E-state index in [4.69, 9.17) is 5.73 Å². The number of carbonyl (C=O) groups is 1. The summed E-state index contributed by atoms with van der Waals surface area (Å²) in [5.74, 6) is -0.164. The van der Waals surface area contributed by atoms with Gasteiger partial charge in [0.05, 0.1) is 9.99 Å². The number of nitrogens with two attached hydrogens (primary N) is 1. The maximum Gasteiger partial charge on any atom is 0.270 e. The highest BCUT2D eigenvalue weighted by molar-refractivity contribution is 9.10. The molecule has 0 aliphatic heterocycles. The van der Waals surface area contributed by atoms with Crippen LogP contribution in [-0.4, -0.2) is 28.0 Å². The molecule has 0 radical (unpaired) electrons. The third kappa shape index (κ3) is 3.56. The third-order valence-electron chi connectivity index (χ3n) is 3.92. The van der Waals surface area contributed by atoms with Crippen molar-refractivity contribution in [1.29, 1.82) is 0 Å². The molecule has 0 spiro atoms. The molecule has 1 saturated carbocycles. The minimum atomic E-state index is -0.164. The van der Waals surface area contributed by atoms with Gasteiger partial charge in [-0.3, -0.25) is 9.78 Å². The van der Waals surface area contributed by atoms with Crippen LogP contribution in [0.5, 0.6) is 0 Å². The maximum absolute atomic E-state index is 12.4. The molecule has 2 heterocycles. The van der Waals surface area contributed by atoms with Gasteiger partial charge in [-0.05, 0) is 40.9 Å². The van der Waals surface area contributed by atoms with Crippen LogP contribution >= 0.6 is 28.3 Å². The molecule has 0 saturated heterocycles. The average Bonchev–Trinajstić information content (AvgIpc) is 2.50. The molecule has 3 N–H and O–H groups in total. The van der Waals surface area contributed by atoms with E-state index in [2.05, 4.69) is 31.2 Å². The SMILES string of the molecule is Cl.N[C@@H]1CCCC[C@H]1NC(=O)c1ccc2cncc(Br)c2n1. The number of hydrogen-bond acceptors (Lipinski definition) is 4. The monoisotopic (exact) mass is 384 g/mol. The van der Waals surface area contributed by atoms with Gasteiger partial charge in [0.25, 0.3) is 5.91 Å². The molecule has 0 aromatic carbocycles. The van der Waals surface area contributed by atoms with Gasteiger partial charge in [0.1, 0.15) is 5.69 Å². The summed E-state index contributed by atoms with van der Waals surface area (Å²) in [6.45, 7) is 0. The zero-order valence-corrected chi connectivity index (χ0v) is 14.4. The molecule has 7 heteroatoms. The molecule has 3 rings (SSSR count). The molecule has 1 fully saturated rings. The maximum atomic E-state index is 12.4. The molecule has 2 aromatic heterocycles. The lowest BCUT2D eigenvalue weighted by Crippen LogP contribution is -2.49. The fourth-order valence-corrected chi connectivity index (χ4v) is 3.15. The predicted octanol–water partition coefficient (Wildman–Crippen LogP) is 2.81. The molecule has 0 unspecified atom stereocenters. The largest absolute Gasteiger partial charge is 0.346 e. The summed E-state index contributed by atoms with van der Waals surface area (Å²) >= 11 is 3.41. The van der Waals surface area contributed by atoms with Crippen molar-refractivity contribution in [3.05, 3.63) is 34.7 Å². The lowest BCUT2D eigenvalue weighted by atomic mass is 9.91. The second-order valence-electron chi connectivity index (χ2n) is 5.42. The number of fused-ring (bicyclic) bond motifs is 1. The van der Waals surface area contributed by atoms with Crippen molar-refractivity contribution in [1.82, 2.24) is 15.3 Å². The van der Waals surface area contributed by atoms with E-state index in [0.717, 1.165) is 41.1 Å². The Balaban J connectivity index is 0.00000176. The van der Waals surface area contributed by atoms with E-state index in [1.807, 2.05) is 6.07 Å². The standard InChI is InChI=1S/C15H17BrN4O.ClH/c16-10-8-18-7-9-5-6-13(19-14(9)10)15(21)20-12-4-2-1-3-11(12)17;/h5-8,11-12H,1-4,17H2,(H,20,21);1H/t11-,12-;/m1./s1. The molecule has 22 heavy (non-hydrogen) atoms. The Kier molecular flexibility index (Phi) is 5.72. The van der Waals surface area contributed by atoms with Gasteiger partial charge in [0, 0.05) is 29.9 Å². The van der Waals surface area contributed by atoms with Crippen LogP contribution < -0.4 is 11.1 Å². The van der Waals surface area contributed by atoms with Crippen molar-refractivity contribution in [2.24, 2.45) is 5.73 Å². The van der Waals surface area contributed by atoms with E-state index in [1.54, 1.807) is 18.5 Å². The Labute approximate surface area is 143 Å². The average molecular weight is 386 g/mol. The van der Waals surface area contributed by atoms with Crippen molar-refractivity contribution >= 4 is 45.1 Å². The first-order valence-electron chi connectivity index (χ1n) is 7.12. The summed E-state index contributed by atoms with van der Waals surface area (Å²) in [5.41, 5.74) is 7.22. The van der Waals surface area contributed by atoms with Gasteiger partial charge in [0.2, 0.25) is 0 Å². The van der Waals surface area contributed by atoms with E-state index in [0.29, 0.717) is 5.69 Å². The summed E-state index contributed by atoms with van der Waals surface area (Å²) in [4.78, 5) is 20.9. The molecule has 0 bridgehead atoms. The van der Waals surface area contributed by atoms with Crippen LogP contribution in [-0.2, 0) is 0 Å². The van der Waals surface area contributed by atoms with Crippen molar-refractivity contribution in [2.45, 2.75) is 37.8 Å². The first kappa shape index (κ1) is 17.1. The van der Waals surface area contributed by atoms with Crippen LogP contribution in [0.2, 0.25) is 0 Å². The number of amides is 1. The third-order valence-corrected chi connectivity index (χ3v) is 4.50. The highest BCUT2D eigenvalue weighted by atomic mass is 79.9. The lowest BCUT2D eigenvalue weighted by Gasteiger charge is -2.29. The topological polar surface area (TPSA) is 80.9 Å². The van der Waals surface area contributed by atoms with Gasteiger partial charge in [-0.1, -0.05) is 12.8 Å². The van der Waals surface area contributed by atoms with Crippen molar-refractivity contribution in [2.75, 3.05) is 0 Å². The van der Waals surface area contributed by atoms with Gasteiger partial charge in [0.15, 0.2) is 0 Å². The zero-order valence-electron chi connectivity index (χ0n) is 12.0. The Morgan fingerprint density at radius 2 is 2.05 bits per heavy atom. The molecular formula is C15H18BrClN4O. The van der Waals surface area contributed by atoms with Gasteiger partial charge in [-0.2, -0.15) is 0 Å². The van der Waals surface area contributed by atoms with Crippen LogP contribution in [0.25, 0.3) is 10.9 Å². The fraction of sp³-hybridized carbons (Fsp3) is 0.400. The van der Waals surface area contributed by atoms with E-state index >= 15 is 0 Å². The minimum Gasteiger partial charge on any atom is -0.346 e. The van der Waals surface area contributed by atoms with E-state index in [1.165, 1.54) is 0 Å². The highest BCUT2D eigenvalue weighted by Gasteiger charge is 2.24. The Morgan fingerprint density at radius 3 is 2.82 bits per heavy atom. The second kappa shape index (κ2) is 7.35. The van der Waals surface area contributed by atoms with Crippen LogP contribution in [0.4, 0.5) is 0 Å². The Hall–Kier alpha value is -1.24. The molecule has 1 aliphatic rings. The summed E-state index contributed by atoms with van der Waals surface area (Å²) in [7, 11) is 0.